The third-order valence-electron chi connectivity index (χ3n) is 7.61. The van der Waals surface area contributed by atoms with Gasteiger partial charge in [-0.25, -0.2) is 18.8 Å². The molecule has 2 N–H and O–H groups in total. The maximum atomic E-state index is 14.1. The van der Waals surface area contributed by atoms with Crippen molar-refractivity contribution >= 4 is 44.6 Å². The first-order valence-corrected chi connectivity index (χ1v) is 16.6. The van der Waals surface area contributed by atoms with E-state index in [0.717, 1.165) is 18.0 Å². The second-order valence-electron chi connectivity index (χ2n) is 11.2. The van der Waals surface area contributed by atoms with E-state index < -0.39 is 40.1 Å². The van der Waals surface area contributed by atoms with Crippen LogP contribution in [0.15, 0.2) is 77.1 Å². The molecule has 0 amide bonds. The van der Waals surface area contributed by atoms with Crippen molar-refractivity contribution in [1.82, 2.24) is 34.1 Å². The second-order valence-corrected chi connectivity index (χ2v) is 14.1. The number of nitrogens with one attached hydrogen (secondary N) is 2. The molecule has 16 heteroatoms. The number of pyridine rings is 1. The number of alkyl halides is 2. The van der Waals surface area contributed by atoms with Crippen LogP contribution in [0.5, 0.6) is 0 Å². The van der Waals surface area contributed by atoms with E-state index >= 15 is 0 Å². The Morgan fingerprint density at radius 3 is 2.64 bits per heavy atom. The molecule has 1 aromatic carbocycles. The van der Waals surface area contributed by atoms with Crippen molar-refractivity contribution in [2.24, 2.45) is 4.99 Å². The van der Waals surface area contributed by atoms with E-state index in [9.17, 15) is 21.6 Å². The summed E-state index contributed by atoms with van der Waals surface area (Å²) < 4.78 is 73.8. The van der Waals surface area contributed by atoms with E-state index in [0.29, 0.717) is 32.4 Å². The Morgan fingerprint density at radius 2 is 1.98 bits per heavy atom. The van der Waals surface area contributed by atoms with Crippen molar-refractivity contribution in [3.8, 4) is 0 Å². The van der Waals surface area contributed by atoms with Crippen LogP contribution in [0.4, 0.5) is 13.2 Å². The Labute approximate surface area is 266 Å². The summed E-state index contributed by atoms with van der Waals surface area (Å²) in [6.45, 7) is 1.17. The lowest BCUT2D eigenvalue weighted by Crippen LogP contribution is -2.47. The van der Waals surface area contributed by atoms with Gasteiger partial charge in [-0.15, -0.1) is 11.3 Å². The predicted molar refractivity (Wildman–Crippen MR) is 166 cm³/mol. The fraction of sp³-hybridized carbons (Fsp3) is 0.310. The number of aromatic nitrogens is 4. The maximum Gasteiger partial charge on any atom is 0.333 e. The normalized spacial score (nSPS) is 18.9. The molecule has 0 spiro atoms. The summed E-state index contributed by atoms with van der Waals surface area (Å²) in [5.74, 6) is -0.0936. The van der Waals surface area contributed by atoms with Gasteiger partial charge < -0.3 is 4.90 Å². The highest BCUT2D eigenvalue weighted by molar-refractivity contribution is 7.87. The largest absolute Gasteiger partial charge is 0.333 e. The van der Waals surface area contributed by atoms with Gasteiger partial charge in [0.25, 0.3) is 10.2 Å². The lowest BCUT2D eigenvalue weighted by atomic mass is 9.89. The number of rotatable bonds is 10. The van der Waals surface area contributed by atoms with Gasteiger partial charge in [0.2, 0.25) is 0 Å². The van der Waals surface area contributed by atoms with Gasteiger partial charge in [-0.3, -0.25) is 9.98 Å². The molecule has 236 valence electrons. The summed E-state index contributed by atoms with van der Waals surface area (Å²) in [5, 5.41) is 6.55. The SMILES string of the molecule is CC(C)(CNS(=O)(=O)N[C@H]1CC2=C(c3ccn(C(F)F)n3)[C@H](c3ccc(F)cc3Cl)N=C(c3nccs3)N2C1)c1ccccn1. The first-order valence-electron chi connectivity index (χ1n) is 13.9. The Kier molecular flexibility index (Phi) is 8.56. The summed E-state index contributed by atoms with van der Waals surface area (Å²) in [7, 11) is -4.00. The van der Waals surface area contributed by atoms with Crippen LogP contribution in [-0.2, 0) is 15.6 Å². The van der Waals surface area contributed by atoms with E-state index in [4.69, 9.17) is 16.6 Å². The highest BCUT2D eigenvalue weighted by Crippen LogP contribution is 2.46. The smallest absolute Gasteiger partial charge is 0.326 e. The van der Waals surface area contributed by atoms with Crippen molar-refractivity contribution in [3.05, 3.63) is 105 Å². The number of halogens is 4. The van der Waals surface area contributed by atoms with E-state index in [1.54, 1.807) is 23.8 Å². The Balaban J connectivity index is 1.37. The lowest BCUT2D eigenvalue weighted by Gasteiger charge is -2.32. The van der Waals surface area contributed by atoms with E-state index in [1.165, 1.54) is 29.5 Å². The van der Waals surface area contributed by atoms with E-state index in [1.807, 2.05) is 30.9 Å². The molecule has 1 saturated heterocycles. The fourth-order valence-electron chi connectivity index (χ4n) is 5.42. The molecule has 6 rings (SSSR count). The van der Waals surface area contributed by atoms with Gasteiger partial charge in [-0.1, -0.05) is 37.6 Å². The summed E-state index contributed by atoms with van der Waals surface area (Å²) in [4.78, 5) is 15.6. The van der Waals surface area contributed by atoms with Gasteiger partial charge in [0, 0.05) is 82.5 Å². The third-order valence-corrected chi connectivity index (χ3v) is 9.87. The van der Waals surface area contributed by atoms with Crippen molar-refractivity contribution in [2.45, 2.75) is 44.3 Å². The van der Waals surface area contributed by atoms with Gasteiger partial charge in [-0.2, -0.15) is 27.0 Å². The standard InChI is InChI=1S/C29H28ClF3N8O2S2/c1-29(2,23-5-3-4-9-34-23)16-36-45(42,43)39-18-14-22-24(21-8-11-41(38-21)28(32)33)25(19-7-6-17(31)13-20(19)30)37-26(40(22)15-18)27-35-10-12-44-27/h3-13,18,25,28,36,39H,14-16H2,1-2H3/t18-,25-/m0/s1. The van der Waals surface area contributed by atoms with Crippen LogP contribution in [-0.4, -0.2) is 58.0 Å². The monoisotopic (exact) mass is 676 g/mol. The number of nitrogens with zero attached hydrogens (tertiary/aromatic N) is 6. The molecule has 10 nitrogen and oxygen atoms in total. The number of amidine groups is 1. The molecule has 1 fully saturated rings. The number of fused-ring (bicyclic) bond motifs is 1. The zero-order valence-electron chi connectivity index (χ0n) is 24.0. The van der Waals surface area contributed by atoms with Crippen LogP contribution < -0.4 is 9.44 Å². The van der Waals surface area contributed by atoms with Crippen LogP contribution in [0.1, 0.15) is 54.8 Å². The summed E-state index contributed by atoms with van der Waals surface area (Å²) >= 11 is 7.85. The average molecular weight is 677 g/mol. The highest BCUT2D eigenvalue weighted by atomic mass is 35.5. The molecule has 2 aliphatic rings. The van der Waals surface area contributed by atoms with E-state index in [2.05, 4.69) is 24.5 Å². The van der Waals surface area contributed by atoms with Crippen LogP contribution in [0, 0.1) is 5.82 Å². The Morgan fingerprint density at radius 1 is 1.16 bits per heavy atom. The number of thiazole rings is 1. The van der Waals surface area contributed by atoms with Crippen LogP contribution in [0.25, 0.3) is 5.57 Å². The van der Waals surface area contributed by atoms with Crippen LogP contribution in [0.2, 0.25) is 5.02 Å². The first kappa shape index (κ1) is 31.4. The molecule has 2 aliphatic heterocycles. The predicted octanol–water partition coefficient (Wildman–Crippen LogP) is 5.31. The molecule has 0 radical (unpaired) electrons. The third kappa shape index (κ3) is 6.53. The van der Waals surface area contributed by atoms with Crippen molar-refractivity contribution in [2.75, 3.05) is 13.1 Å². The minimum Gasteiger partial charge on any atom is -0.326 e. The quantitative estimate of drug-likeness (QED) is 0.235. The highest BCUT2D eigenvalue weighted by Gasteiger charge is 2.42. The van der Waals surface area contributed by atoms with Crippen LogP contribution in [0.3, 0.4) is 0 Å². The van der Waals surface area contributed by atoms with Crippen molar-refractivity contribution in [1.29, 1.82) is 0 Å². The van der Waals surface area contributed by atoms with Crippen molar-refractivity contribution in [3.63, 3.8) is 0 Å². The molecular weight excluding hydrogens is 649 g/mol. The fourth-order valence-corrected chi connectivity index (χ4v) is 7.57. The molecule has 0 unspecified atom stereocenters. The lowest BCUT2D eigenvalue weighted by molar-refractivity contribution is 0.0564. The van der Waals surface area contributed by atoms with Gasteiger partial charge in [0.1, 0.15) is 11.9 Å². The van der Waals surface area contributed by atoms with Crippen molar-refractivity contribution < 1.29 is 21.6 Å². The Bertz CT molecular complexity index is 1860. The number of aliphatic imine (C=N–C) groups is 1. The molecule has 3 aromatic heterocycles. The minimum absolute atomic E-state index is 0.0890. The first-order chi connectivity index (χ1) is 21.4. The van der Waals surface area contributed by atoms with Gasteiger partial charge in [0.15, 0.2) is 10.8 Å². The Hall–Kier alpha value is -3.63. The molecular formula is C29H28ClF3N8O2S2. The number of hydrogen-bond acceptors (Lipinski definition) is 8. The van der Waals surface area contributed by atoms with Gasteiger partial charge in [0.05, 0.1) is 5.69 Å². The summed E-state index contributed by atoms with van der Waals surface area (Å²) in [6.07, 6.45) is 4.61. The van der Waals surface area contributed by atoms with Crippen LogP contribution >= 0.6 is 22.9 Å². The zero-order valence-corrected chi connectivity index (χ0v) is 26.4. The average Bonchev–Trinajstić information content (AvgIpc) is 3.77. The second kappa shape index (κ2) is 12.3. The molecule has 0 aliphatic carbocycles. The molecule has 2 atom stereocenters. The number of hydrogen-bond donors (Lipinski definition) is 2. The van der Waals surface area contributed by atoms with Gasteiger partial charge >= 0.3 is 6.55 Å². The molecule has 45 heavy (non-hydrogen) atoms. The summed E-state index contributed by atoms with van der Waals surface area (Å²) in [5.41, 5.74) is 1.85. The maximum absolute atomic E-state index is 14.1. The zero-order chi connectivity index (χ0) is 31.9. The molecule has 0 saturated carbocycles. The number of benzene rings is 1. The minimum atomic E-state index is -4.00. The van der Waals surface area contributed by atoms with E-state index in [-0.39, 0.29) is 30.2 Å². The topological polar surface area (TPSA) is 117 Å². The molecule has 0 bridgehead atoms. The molecule has 5 heterocycles. The molecule has 4 aromatic rings. The summed E-state index contributed by atoms with van der Waals surface area (Å²) in [6, 6.07) is 9.32. The van der Waals surface area contributed by atoms with Gasteiger partial charge in [-0.05, 0) is 30.3 Å².